The molecule has 13 heteroatoms. The molecular weight excluding hydrogens is 689 g/mol. The second-order valence-corrected chi connectivity index (χ2v) is 17.2. The van der Waals surface area contributed by atoms with Gasteiger partial charge in [-0.1, -0.05) is 103 Å². The lowest BCUT2D eigenvalue weighted by molar-refractivity contribution is -0.137. The molecule has 0 saturated carbocycles. The van der Waals surface area contributed by atoms with Crippen molar-refractivity contribution in [1.29, 1.82) is 0 Å². The van der Waals surface area contributed by atoms with Gasteiger partial charge in [0.1, 0.15) is 4.90 Å². The van der Waals surface area contributed by atoms with Crippen molar-refractivity contribution < 1.29 is 32.3 Å². The monoisotopic (exact) mass is 742 g/mol. The molecule has 51 heavy (non-hydrogen) atoms. The molecule has 0 bridgehead atoms. The van der Waals surface area contributed by atoms with Crippen molar-refractivity contribution in [2.24, 2.45) is 4.99 Å². The number of nitrogens with zero attached hydrogens (tertiary/aromatic N) is 3. The number of rotatable bonds is 21. The number of unbranched alkanes of at least 4 members (excludes halogenated alkanes) is 9. The first-order chi connectivity index (χ1) is 24.4. The van der Waals surface area contributed by atoms with E-state index in [9.17, 15) is 22.8 Å². The molecular formula is C38H54N4O7S2. The van der Waals surface area contributed by atoms with Crippen LogP contribution in [-0.2, 0) is 29.1 Å². The average Bonchev–Trinajstić information content (AvgIpc) is 3.28. The molecule has 11 nitrogen and oxygen atoms in total. The second kappa shape index (κ2) is 18.9. The predicted octanol–water partition coefficient (Wildman–Crippen LogP) is 8.31. The summed E-state index contributed by atoms with van der Waals surface area (Å²) in [6, 6.07) is 11.6. The van der Waals surface area contributed by atoms with Crippen molar-refractivity contribution in [3.8, 4) is 0 Å². The highest BCUT2D eigenvalue weighted by Gasteiger charge is 2.55. The van der Waals surface area contributed by atoms with Gasteiger partial charge in [0.2, 0.25) is 0 Å². The maximum Gasteiger partial charge on any atom is 0.418 e. The molecule has 2 aliphatic rings. The van der Waals surface area contributed by atoms with Crippen LogP contribution >= 0.6 is 11.8 Å². The maximum atomic E-state index is 14.4. The number of imide groups is 1. The zero-order chi connectivity index (χ0) is 37.0. The Balaban J connectivity index is 1.53. The number of amides is 3. The summed E-state index contributed by atoms with van der Waals surface area (Å²) in [4.78, 5) is 47.4. The number of hydrogen-bond acceptors (Lipinski definition) is 9. The van der Waals surface area contributed by atoms with Crippen LogP contribution < -0.4 is 5.32 Å². The van der Waals surface area contributed by atoms with Crippen LogP contribution in [0.1, 0.15) is 105 Å². The summed E-state index contributed by atoms with van der Waals surface area (Å²) < 4.78 is 40.7. The molecule has 1 N–H and O–H groups in total. The highest BCUT2D eigenvalue weighted by molar-refractivity contribution is 8.00. The summed E-state index contributed by atoms with van der Waals surface area (Å²) in [5.74, 6) is -1.85. The topological polar surface area (TPSA) is 135 Å². The van der Waals surface area contributed by atoms with E-state index in [1.807, 2.05) is 26.0 Å². The Hall–Kier alpha value is -3.42. The zero-order valence-corrected chi connectivity index (χ0v) is 32.3. The number of cyclic esters (lactones) is 1. The van der Waals surface area contributed by atoms with Gasteiger partial charge < -0.3 is 14.8 Å². The van der Waals surface area contributed by atoms with E-state index >= 15 is 0 Å². The van der Waals surface area contributed by atoms with Crippen LogP contribution in [0.3, 0.4) is 0 Å². The van der Waals surface area contributed by atoms with Crippen LogP contribution in [0.4, 0.5) is 16.2 Å². The summed E-state index contributed by atoms with van der Waals surface area (Å²) in [5.41, 5.74) is -1.01. The third-order valence-electron chi connectivity index (χ3n) is 8.75. The van der Waals surface area contributed by atoms with Crippen molar-refractivity contribution in [2.75, 3.05) is 25.1 Å². The molecule has 0 radical (unpaired) electrons. The minimum atomic E-state index is -4.25. The summed E-state index contributed by atoms with van der Waals surface area (Å²) in [6.07, 6.45) is 11.4. The van der Waals surface area contributed by atoms with Crippen LogP contribution in [0.15, 0.2) is 63.3 Å². The summed E-state index contributed by atoms with van der Waals surface area (Å²) in [6.45, 7) is 9.88. The molecule has 2 heterocycles. The largest absolute Gasteiger partial charge is 0.433 e. The number of aliphatic imine (C=N–C) groups is 1. The Morgan fingerprint density at radius 3 is 2.16 bits per heavy atom. The van der Waals surface area contributed by atoms with E-state index < -0.39 is 39.6 Å². The molecule has 2 aromatic rings. The Kier molecular flexibility index (Phi) is 14.9. The molecule has 4 rings (SSSR count). The SMILES string of the molecule is CCCCCCCCCCCCOCCCN1C(C(C(=O)Nc2ccccc2SC(C)C)N2C(=O)OC(C)(C)C2=O)=Nc2ccccc2S1(=O)=O. The van der Waals surface area contributed by atoms with Gasteiger partial charge in [0.05, 0.1) is 11.4 Å². The lowest BCUT2D eigenvalue weighted by Crippen LogP contribution is -2.59. The van der Waals surface area contributed by atoms with E-state index in [-0.39, 0.29) is 34.8 Å². The standard InChI is InChI=1S/C38H54N4O7S2/c1-6-7-8-9-10-11-12-13-14-19-26-48-27-20-25-41-34(39-30-22-16-18-24-32(30)51(41,46)47)33(42-36(44)38(4,5)49-37(42)45)35(43)40-29-21-15-17-23-31(29)50-28(2)3/h15-18,21-24,28,33H,6-14,19-20,25-27H2,1-5H3,(H,40,43). The smallest absolute Gasteiger partial charge is 0.418 e. The second-order valence-electron chi connectivity index (χ2n) is 13.8. The summed E-state index contributed by atoms with van der Waals surface area (Å²) in [5, 5.41) is 3.06. The molecule has 0 aromatic heterocycles. The molecule has 3 amide bonds. The van der Waals surface area contributed by atoms with Gasteiger partial charge in [0, 0.05) is 29.9 Å². The Morgan fingerprint density at radius 1 is 0.902 bits per heavy atom. The lowest BCUT2D eigenvalue weighted by atomic mass is 10.1. The van der Waals surface area contributed by atoms with Crippen molar-refractivity contribution >= 4 is 56.9 Å². The number of sulfonamides is 1. The van der Waals surface area contributed by atoms with Crippen molar-refractivity contribution in [2.45, 2.75) is 132 Å². The van der Waals surface area contributed by atoms with E-state index in [0.29, 0.717) is 23.6 Å². The third kappa shape index (κ3) is 10.6. The van der Waals surface area contributed by atoms with E-state index in [4.69, 9.17) is 9.47 Å². The number of anilines is 1. The van der Waals surface area contributed by atoms with Gasteiger partial charge in [-0.3, -0.25) is 13.9 Å². The van der Waals surface area contributed by atoms with Gasteiger partial charge in [-0.2, -0.15) is 0 Å². The Bertz CT molecular complexity index is 1640. The van der Waals surface area contributed by atoms with Crippen LogP contribution in [0.25, 0.3) is 0 Å². The quantitative estimate of drug-likeness (QED) is 0.0997. The average molecular weight is 743 g/mol. The maximum absolute atomic E-state index is 14.4. The Labute approximate surface area is 308 Å². The highest BCUT2D eigenvalue weighted by atomic mass is 32.2. The number of hydrogen-bond donors (Lipinski definition) is 1. The van der Waals surface area contributed by atoms with Crippen LogP contribution in [-0.4, -0.2) is 78.0 Å². The van der Waals surface area contributed by atoms with Gasteiger partial charge >= 0.3 is 6.09 Å². The molecule has 1 saturated heterocycles. The molecule has 0 aliphatic carbocycles. The van der Waals surface area contributed by atoms with E-state index in [2.05, 4.69) is 17.2 Å². The molecule has 0 spiro atoms. The molecule has 2 aromatic carbocycles. The minimum absolute atomic E-state index is 0.0338. The van der Waals surface area contributed by atoms with Crippen LogP contribution in [0.5, 0.6) is 0 Å². The van der Waals surface area contributed by atoms with Crippen LogP contribution in [0.2, 0.25) is 0 Å². The summed E-state index contributed by atoms with van der Waals surface area (Å²) >= 11 is 1.53. The molecule has 280 valence electrons. The fourth-order valence-corrected chi connectivity index (χ4v) is 8.64. The summed E-state index contributed by atoms with van der Waals surface area (Å²) in [7, 11) is -4.25. The number of fused-ring (bicyclic) bond motifs is 1. The van der Waals surface area contributed by atoms with Gasteiger partial charge in [-0.05, 0) is 51.0 Å². The number of carbonyl (C=O) groups is 3. The number of carbonyl (C=O) groups excluding carboxylic acids is 3. The molecule has 1 atom stereocenters. The van der Waals surface area contributed by atoms with E-state index in [1.165, 1.54) is 89.1 Å². The van der Waals surface area contributed by atoms with Crippen LogP contribution in [0, 0.1) is 0 Å². The molecule has 2 aliphatic heterocycles. The van der Waals surface area contributed by atoms with Crippen molar-refractivity contribution in [3.63, 3.8) is 0 Å². The van der Waals surface area contributed by atoms with Gasteiger partial charge in [-0.25, -0.2) is 23.1 Å². The van der Waals surface area contributed by atoms with Crippen molar-refractivity contribution in [1.82, 2.24) is 9.21 Å². The first-order valence-electron chi connectivity index (χ1n) is 18.3. The fourth-order valence-electron chi connectivity index (χ4n) is 6.11. The molecule has 1 unspecified atom stereocenters. The number of ether oxygens (including phenoxy) is 2. The predicted molar refractivity (Wildman–Crippen MR) is 202 cm³/mol. The fraction of sp³-hybridized carbons (Fsp3) is 0.579. The lowest BCUT2D eigenvalue weighted by Gasteiger charge is -2.35. The van der Waals surface area contributed by atoms with Gasteiger partial charge in [0.25, 0.3) is 21.8 Å². The zero-order valence-electron chi connectivity index (χ0n) is 30.7. The Morgan fingerprint density at radius 2 is 1.51 bits per heavy atom. The number of amidine groups is 1. The number of thioether (sulfide) groups is 1. The van der Waals surface area contributed by atoms with E-state index in [1.54, 1.807) is 24.3 Å². The van der Waals surface area contributed by atoms with Gasteiger partial charge in [-0.15, -0.1) is 11.8 Å². The van der Waals surface area contributed by atoms with Gasteiger partial charge in [0.15, 0.2) is 17.5 Å². The third-order valence-corrected chi connectivity index (χ3v) is 11.7. The van der Waals surface area contributed by atoms with Crippen molar-refractivity contribution in [3.05, 3.63) is 48.5 Å². The highest BCUT2D eigenvalue weighted by Crippen LogP contribution is 2.36. The normalized spacial score (nSPS) is 16.9. The number of benzene rings is 2. The number of nitrogens with one attached hydrogen (secondary N) is 1. The first-order valence-corrected chi connectivity index (χ1v) is 20.6. The first kappa shape index (κ1) is 40.4. The molecule has 1 fully saturated rings. The van der Waals surface area contributed by atoms with E-state index in [0.717, 1.165) is 22.0 Å². The number of para-hydroxylation sites is 2. The minimum Gasteiger partial charge on any atom is -0.433 e.